The second-order valence-electron chi connectivity index (χ2n) is 2.78. The lowest BCUT2D eigenvalue weighted by Gasteiger charge is -2.08. The van der Waals surface area contributed by atoms with Gasteiger partial charge in [-0.2, -0.15) is 0 Å². The first kappa shape index (κ1) is 11.4. The molecule has 6 heteroatoms. The van der Waals surface area contributed by atoms with E-state index in [0.29, 0.717) is 6.07 Å². The van der Waals surface area contributed by atoms with Crippen LogP contribution in [0.4, 0.5) is 8.78 Å². The lowest BCUT2D eigenvalue weighted by molar-refractivity contribution is 0.564. The highest BCUT2D eigenvalue weighted by molar-refractivity contribution is 8.13. The Morgan fingerprint density at radius 3 is 2.36 bits per heavy atom. The van der Waals surface area contributed by atoms with Crippen LogP contribution in [-0.2, 0) is 9.05 Å². The highest BCUT2D eigenvalue weighted by atomic mass is 35.7. The quantitative estimate of drug-likeness (QED) is 0.745. The number of benzene rings is 1. The Morgan fingerprint density at radius 2 is 1.93 bits per heavy atom. The van der Waals surface area contributed by atoms with Gasteiger partial charge in [0.15, 0.2) is 0 Å². The van der Waals surface area contributed by atoms with Gasteiger partial charge in [0.2, 0.25) is 9.05 Å². The molecule has 78 valence electrons. The number of hydrogen-bond donors (Lipinski definition) is 0. The van der Waals surface area contributed by atoms with Crippen molar-refractivity contribution < 1.29 is 17.2 Å². The van der Waals surface area contributed by atoms with Crippen LogP contribution in [-0.4, -0.2) is 8.42 Å². The molecule has 0 N–H and O–H groups in total. The predicted molar refractivity (Wildman–Crippen MR) is 49.5 cm³/mol. The monoisotopic (exact) mass is 240 g/mol. The minimum atomic E-state index is -3.88. The second kappa shape index (κ2) is 3.82. The first-order chi connectivity index (χ1) is 6.32. The molecule has 0 amide bonds. The maximum Gasteiger partial charge on any atom is 0.239 e. The van der Waals surface area contributed by atoms with Gasteiger partial charge in [0, 0.05) is 22.3 Å². The minimum absolute atomic E-state index is 0.138. The van der Waals surface area contributed by atoms with Gasteiger partial charge in [0.05, 0.1) is 0 Å². The summed E-state index contributed by atoms with van der Waals surface area (Å²) in [5, 5.41) is -1.19. The molecule has 1 aromatic rings. The normalized spacial score (nSPS) is 14.0. The lowest BCUT2D eigenvalue weighted by atomic mass is 10.1. The molecule has 1 unspecified atom stereocenters. The van der Waals surface area contributed by atoms with Crippen molar-refractivity contribution in [3.8, 4) is 0 Å². The van der Waals surface area contributed by atoms with Crippen LogP contribution in [0, 0.1) is 11.6 Å². The van der Waals surface area contributed by atoms with E-state index in [-0.39, 0.29) is 5.56 Å². The van der Waals surface area contributed by atoms with Crippen molar-refractivity contribution in [3.05, 3.63) is 35.4 Å². The van der Waals surface area contributed by atoms with Gasteiger partial charge < -0.3 is 0 Å². The summed E-state index contributed by atoms with van der Waals surface area (Å²) in [5.41, 5.74) is -0.138. The molecule has 2 nitrogen and oxygen atoms in total. The predicted octanol–water partition coefficient (Wildman–Crippen LogP) is 2.59. The summed E-state index contributed by atoms with van der Waals surface area (Å²) >= 11 is 0. The van der Waals surface area contributed by atoms with Crippen molar-refractivity contribution in [2.24, 2.45) is 0 Å². The van der Waals surface area contributed by atoms with Crippen molar-refractivity contribution >= 4 is 19.7 Å². The molecule has 1 aromatic carbocycles. The Bertz CT molecular complexity index is 445. The Morgan fingerprint density at radius 1 is 1.36 bits per heavy atom. The van der Waals surface area contributed by atoms with Crippen molar-refractivity contribution in [1.82, 2.24) is 0 Å². The molecule has 0 heterocycles. The third kappa shape index (κ3) is 2.42. The van der Waals surface area contributed by atoms with Crippen LogP contribution in [0.15, 0.2) is 18.2 Å². The van der Waals surface area contributed by atoms with Gasteiger partial charge >= 0.3 is 0 Å². The number of rotatable bonds is 2. The second-order valence-corrected chi connectivity index (χ2v) is 5.73. The molecule has 0 saturated heterocycles. The molecule has 0 saturated carbocycles. The van der Waals surface area contributed by atoms with E-state index in [1.54, 1.807) is 0 Å². The Hall–Kier alpha value is -0.680. The van der Waals surface area contributed by atoms with Crippen molar-refractivity contribution in [2.45, 2.75) is 12.2 Å². The summed E-state index contributed by atoms with van der Waals surface area (Å²) in [6, 6.07) is 2.67. The minimum Gasteiger partial charge on any atom is -0.212 e. The fourth-order valence-electron chi connectivity index (χ4n) is 0.983. The van der Waals surface area contributed by atoms with Crippen LogP contribution in [0.3, 0.4) is 0 Å². The van der Waals surface area contributed by atoms with E-state index < -0.39 is 25.9 Å². The number of hydrogen-bond acceptors (Lipinski definition) is 2. The van der Waals surface area contributed by atoms with E-state index >= 15 is 0 Å². The van der Waals surface area contributed by atoms with E-state index in [2.05, 4.69) is 0 Å². The zero-order chi connectivity index (χ0) is 10.9. The van der Waals surface area contributed by atoms with Gasteiger partial charge in [-0.05, 0) is 13.0 Å². The summed E-state index contributed by atoms with van der Waals surface area (Å²) in [6.45, 7) is 1.23. The van der Waals surface area contributed by atoms with Crippen LogP contribution >= 0.6 is 10.7 Å². The van der Waals surface area contributed by atoms with Crippen molar-refractivity contribution in [3.63, 3.8) is 0 Å². The molecular formula is C8H7ClF2O2S. The Balaban J connectivity index is 3.21. The molecule has 0 aromatic heterocycles. The fourth-order valence-corrected chi connectivity index (χ4v) is 1.77. The van der Waals surface area contributed by atoms with Gasteiger partial charge in [-0.25, -0.2) is 17.2 Å². The maximum absolute atomic E-state index is 13.1. The standard InChI is InChI=1S/C8H7ClF2O2S/c1-5(14(9,12)13)7-3-2-6(10)4-8(7)11/h2-5H,1H3. The zero-order valence-corrected chi connectivity index (χ0v) is 8.74. The summed E-state index contributed by atoms with van der Waals surface area (Å²) in [5.74, 6) is -1.67. The smallest absolute Gasteiger partial charge is 0.212 e. The summed E-state index contributed by atoms with van der Waals surface area (Å²) in [6.07, 6.45) is 0. The molecule has 14 heavy (non-hydrogen) atoms. The van der Waals surface area contributed by atoms with E-state index in [0.717, 1.165) is 12.1 Å². The van der Waals surface area contributed by atoms with E-state index in [1.807, 2.05) is 0 Å². The molecule has 0 aliphatic rings. The van der Waals surface area contributed by atoms with Gasteiger partial charge in [-0.3, -0.25) is 0 Å². The molecule has 0 bridgehead atoms. The van der Waals surface area contributed by atoms with Crippen molar-refractivity contribution in [2.75, 3.05) is 0 Å². The molecule has 0 spiro atoms. The summed E-state index contributed by atoms with van der Waals surface area (Å²) < 4.78 is 47.3. The van der Waals surface area contributed by atoms with E-state index in [1.165, 1.54) is 6.92 Å². The SMILES string of the molecule is CC(c1ccc(F)cc1F)S(=O)(=O)Cl. The third-order valence-electron chi connectivity index (χ3n) is 1.82. The lowest BCUT2D eigenvalue weighted by Crippen LogP contribution is -2.05. The van der Waals surface area contributed by atoms with Gasteiger partial charge in [-0.1, -0.05) is 6.07 Å². The molecule has 0 fully saturated rings. The van der Waals surface area contributed by atoms with Crippen LogP contribution < -0.4 is 0 Å². The molecule has 0 aliphatic heterocycles. The van der Waals surface area contributed by atoms with Gasteiger partial charge in [0.1, 0.15) is 16.9 Å². The Kier molecular flexibility index (Phi) is 3.11. The molecule has 0 aliphatic carbocycles. The van der Waals surface area contributed by atoms with Gasteiger partial charge in [-0.15, -0.1) is 0 Å². The average molecular weight is 241 g/mol. The topological polar surface area (TPSA) is 34.1 Å². The van der Waals surface area contributed by atoms with Crippen LogP contribution in [0.25, 0.3) is 0 Å². The van der Waals surface area contributed by atoms with E-state index in [4.69, 9.17) is 10.7 Å². The molecule has 1 rings (SSSR count). The highest BCUT2D eigenvalue weighted by Crippen LogP contribution is 2.27. The van der Waals surface area contributed by atoms with E-state index in [9.17, 15) is 17.2 Å². The van der Waals surface area contributed by atoms with Crippen LogP contribution in [0.1, 0.15) is 17.7 Å². The number of halogens is 3. The van der Waals surface area contributed by atoms with Crippen LogP contribution in [0.5, 0.6) is 0 Å². The average Bonchev–Trinajstić information content (AvgIpc) is 2.01. The van der Waals surface area contributed by atoms with Crippen molar-refractivity contribution in [1.29, 1.82) is 0 Å². The molecular weight excluding hydrogens is 234 g/mol. The summed E-state index contributed by atoms with van der Waals surface area (Å²) in [4.78, 5) is 0. The third-order valence-corrected chi connectivity index (χ3v) is 3.72. The maximum atomic E-state index is 13.1. The fraction of sp³-hybridized carbons (Fsp3) is 0.250. The van der Waals surface area contributed by atoms with Gasteiger partial charge in [0.25, 0.3) is 0 Å². The zero-order valence-electron chi connectivity index (χ0n) is 7.17. The Labute approximate surface area is 84.9 Å². The highest BCUT2D eigenvalue weighted by Gasteiger charge is 2.22. The first-order valence-corrected chi connectivity index (χ1v) is 6.08. The van der Waals surface area contributed by atoms with Crippen LogP contribution in [0.2, 0.25) is 0 Å². The molecule has 0 radical (unpaired) electrons. The first-order valence-electron chi connectivity index (χ1n) is 3.71. The largest absolute Gasteiger partial charge is 0.239 e. The molecule has 1 atom stereocenters. The summed E-state index contributed by atoms with van der Waals surface area (Å²) in [7, 11) is 1.16.